The van der Waals surface area contributed by atoms with Gasteiger partial charge < -0.3 is 20.5 Å². The molecule has 7 heteroatoms. The van der Waals surface area contributed by atoms with E-state index in [0.29, 0.717) is 39.0 Å². The number of hydrogen-bond donors (Lipinski definition) is 2. The predicted molar refractivity (Wildman–Crippen MR) is 103 cm³/mol. The molecule has 0 bridgehead atoms. The molecule has 0 saturated heterocycles. The Balaban J connectivity index is 1.62. The van der Waals surface area contributed by atoms with E-state index in [9.17, 15) is 10.1 Å². The van der Waals surface area contributed by atoms with Crippen molar-refractivity contribution in [3.05, 3.63) is 70.1 Å². The molecule has 2 aromatic carbocycles. The Hall–Kier alpha value is -3.50. The maximum Gasteiger partial charge on any atom is 0.231 e. The average molecular weight is 377 g/mol. The largest absolute Gasteiger partial charge is 0.454 e. The van der Waals surface area contributed by atoms with Crippen LogP contribution in [0.1, 0.15) is 26.4 Å². The molecule has 0 radical (unpaired) electrons. The predicted octanol–water partition coefficient (Wildman–Crippen LogP) is 3.77. The van der Waals surface area contributed by atoms with Crippen LogP contribution in [0, 0.1) is 11.3 Å². The number of nitrogens with zero attached hydrogens (tertiary/aromatic N) is 1. The summed E-state index contributed by atoms with van der Waals surface area (Å²) in [6.45, 7) is 0.674. The van der Waals surface area contributed by atoms with Gasteiger partial charge in [-0.2, -0.15) is 5.26 Å². The third kappa shape index (κ3) is 3.18. The van der Waals surface area contributed by atoms with Crippen LogP contribution >= 0.6 is 11.3 Å². The molecule has 27 heavy (non-hydrogen) atoms. The fourth-order valence-corrected chi connectivity index (χ4v) is 3.82. The number of nitrogens with two attached hydrogens (primary N) is 1. The highest BCUT2D eigenvalue weighted by molar-refractivity contribution is 7.19. The standard InChI is InChI=1S/C20H15N3O3S/c21-9-14-17(22)19(27-20(14)23-10-12-4-2-1-3-5-12)18(24)13-6-7-15-16(8-13)26-11-25-15/h1-8,23H,10-11,22H2. The zero-order valence-electron chi connectivity index (χ0n) is 14.2. The SMILES string of the molecule is N#Cc1c(NCc2ccccc2)sc(C(=O)c2ccc3c(c2)OCO3)c1N. The molecule has 3 N–H and O–H groups in total. The van der Waals surface area contributed by atoms with Crippen molar-refractivity contribution in [2.24, 2.45) is 0 Å². The summed E-state index contributed by atoms with van der Waals surface area (Å²) in [4.78, 5) is 13.3. The Morgan fingerprint density at radius 2 is 1.96 bits per heavy atom. The second-order valence-corrected chi connectivity index (χ2v) is 6.92. The summed E-state index contributed by atoms with van der Waals surface area (Å²) in [5.74, 6) is 0.882. The minimum atomic E-state index is -0.250. The van der Waals surface area contributed by atoms with Gasteiger partial charge in [0.1, 0.15) is 21.5 Å². The number of hydrogen-bond acceptors (Lipinski definition) is 7. The van der Waals surface area contributed by atoms with Gasteiger partial charge in [-0.05, 0) is 23.8 Å². The van der Waals surface area contributed by atoms with Crippen LogP contribution in [0.2, 0.25) is 0 Å². The maximum atomic E-state index is 12.9. The number of ether oxygens (including phenoxy) is 2. The van der Waals surface area contributed by atoms with Crippen LogP contribution in [0.25, 0.3) is 0 Å². The first kappa shape index (κ1) is 16.9. The van der Waals surface area contributed by atoms with Gasteiger partial charge in [0, 0.05) is 12.1 Å². The van der Waals surface area contributed by atoms with Crippen LogP contribution in [-0.4, -0.2) is 12.6 Å². The Morgan fingerprint density at radius 3 is 2.74 bits per heavy atom. The van der Waals surface area contributed by atoms with Crippen molar-refractivity contribution in [3.63, 3.8) is 0 Å². The zero-order chi connectivity index (χ0) is 18.8. The molecule has 1 aliphatic rings. The van der Waals surface area contributed by atoms with Crippen LogP contribution in [-0.2, 0) is 6.54 Å². The molecule has 2 heterocycles. The first-order chi connectivity index (χ1) is 13.2. The normalized spacial score (nSPS) is 11.8. The van der Waals surface area contributed by atoms with Crippen LogP contribution in [0.4, 0.5) is 10.7 Å². The summed E-state index contributed by atoms with van der Waals surface area (Å²) in [5.41, 5.74) is 8.10. The Kier molecular flexibility index (Phi) is 4.40. The fraction of sp³-hybridized carbons (Fsp3) is 0.100. The molecule has 0 fully saturated rings. The van der Waals surface area contributed by atoms with Crippen molar-refractivity contribution in [3.8, 4) is 17.6 Å². The highest BCUT2D eigenvalue weighted by Gasteiger charge is 2.24. The van der Waals surface area contributed by atoms with Gasteiger partial charge in [-0.1, -0.05) is 30.3 Å². The van der Waals surface area contributed by atoms with Crippen molar-refractivity contribution in [2.45, 2.75) is 6.54 Å². The molecule has 3 aromatic rings. The van der Waals surface area contributed by atoms with Gasteiger partial charge in [0.2, 0.25) is 12.6 Å². The first-order valence-electron chi connectivity index (χ1n) is 8.22. The molecular weight excluding hydrogens is 362 g/mol. The molecule has 1 aromatic heterocycles. The molecule has 0 atom stereocenters. The zero-order valence-corrected chi connectivity index (χ0v) is 15.0. The molecule has 0 spiro atoms. The molecule has 4 rings (SSSR count). The second-order valence-electron chi connectivity index (χ2n) is 5.90. The van der Waals surface area contributed by atoms with E-state index in [4.69, 9.17) is 15.2 Å². The number of anilines is 2. The van der Waals surface area contributed by atoms with E-state index in [1.807, 2.05) is 30.3 Å². The second kappa shape index (κ2) is 7.02. The van der Waals surface area contributed by atoms with Crippen molar-refractivity contribution in [1.29, 1.82) is 5.26 Å². The molecule has 6 nitrogen and oxygen atoms in total. The summed E-state index contributed by atoms with van der Waals surface area (Å²) in [6.07, 6.45) is 0. The number of nitrogens with one attached hydrogen (secondary N) is 1. The van der Waals surface area contributed by atoms with Crippen molar-refractivity contribution in [2.75, 3.05) is 17.8 Å². The highest BCUT2D eigenvalue weighted by Crippen LogP contribution is 2.38. The summed E-state index contributed by atoms with van der Waals surface area (Å²) in [5, 5.41) is 13.3. The molecule has 0 amide bonds. The molecule has 0 aliphatic carbocycles. The van der Waals surface area contributed by atoms with Crippen LogP contribution < -0.4 is 20.5 Å². The number of fused-ring (bicyclic) bond motifs is 1. The average Bonchev–Trinajstić information content (AvgIpc) is 3.30. The lowest BCUT2D eigenvalue weighted by atomic mass is 10.1. The van der Waals surface area contributed by atoms with Crippen molar-refractivity contribution in [1.82, 2.24) is 0 Å². The van der Waals surface area contributed by atoms with Gasteiger partial charge in [0.15, 0.2) is 11.5 Å². The van der Waals surface area contributed by atoms with Gasteiger partial charge in [-0.25, -0.2) is 0 Å². The summed E-state index contributed by atoms with van der Waals surface area (Å²) >= 11 is 1.19. The quantitative estimate of drug-likeness (QED) is 0.657. The van der Waals surface area contributed by atoms with Crippen LogP contribution in [0.3, 0.4) is 0 Å². The van der Waals surface area contributed by atoms with E-state index in [1.54, 1.807) is 18.2 Å². The summed E-state index contributed by atoms with van der Waals surface area (Å²) < 4.78 is 10.6. The Morgan fingerprint density at radius 1 is 1.19 bits per heavy atom. The van der Waals surface area contributed by atoms with E-state index >= 15 is 0 Å². The van der Waals surface area contributed by atoms with Crippen LogP contribution in [0.5, 0.6) is 11.5 Å². The number of carbonyl (C=O) groups excluding carboxylic acids is 1. The minimum absolute atomic E-state index is 0.139. The van der Waals surface area contributed by atoms with Gasteiger partial charge in [0.25, 0.3) is 0 Å². The number of nitrogen functional groups attached to an aromatic ring is 1. The number of thiophene rings is 1. The topological polar surface area (TPSA) is 97.4 Å². The molecule has 0 saturated carbocycles. The van der Waals surface area contributed by atoms with E-state index in [0.717, 1.165) is 5.56 Å². The number of nitriles is 1. The fourth-order valence-electron chi connectivity index (χ4n) is 2.80. The van der Waals surface area contributed by atoms with Crippen molar-refractivity contribution < 1.29 is 14.3 Å². The van der Waals surface area contributed by atoms with Gasteiger partial charge in [-0.3, -0.25) is 4.79 Å². The molecule has 134 valence electrons. The summed E-state index contributed by atoms with van der Waals surface area (Å²) in [7, 11) is 0. The van der Waals surface area contributed by atoms with Gasteiger partial charge >= 0.3 is 0 Å². The maximum absolute atomic E-state index is 12.9. The molecule has 0 unspecified atom stereocenters. The number of carbonyl (C=O) groups is 1. The van der Waals surface area contributed by atoms with E-state index in [1.165, 1.54) is 11.3 Å². The first-order valence-corrected chi connectivity index (χ1v) is 9.03. The third-order valence-corrected chi connectivity index (χ3v) is 5.36. The number of ketones is 1. The van der Waals surface area contributed by atoms with Gasteiger partial charge in [0.05, 0.1) is 5.69 Å². The molecular formula is C20H15N3O3S. The van der Waals surface area contributed by atoms with E-state index in [-0.39, 0.29) is 18.3 Å². The Bertz CT molecular complexity index is 1050. The number of benzene rings is 2. The highest BCUT2D eigenvalue weighted by atomic mass is 32.1. The van der Waals surface area contributed by atoms with E-state index < -0.39 is 0 Å². The molecule has 1 aliphatic heterocycles. The minimum Gasteiger partial charge on any atom is -0.454 e. The van der Waals surface area contributed by atoms with E-state index in [2.05, 4.69) is 11.4 Å². The number of rotatable bonds is 5. The smallest absolute Gasteiger partial charge is 0.231 e. The van der Waals surface area contributed by atoms with Crippen LogP contribution in [0.15, 0.2) is 48.5 Å². The van der Waals surface area contributed by atoms with Gasteiger partial charge in [-0.15, -0.1) is 11.3 Å². The van der Waals surface area contributed by atoms with Crippen molar-refractivity contribution >= 4 is 27.8 Å². The lowest BCUT2D eigenvalue weighted by molar-refractivity contribution is 0.104. The third-order valence-electron chi connectivity index (χ3n) is 4.19. The lowest BCUT2D eigenvalue weighted by Crippen LogP contribution is -2.02. The Labute approximate surface area is 159 Å². The monoisotopic (exact) mass is 377 g/mol. The summed E-state index contributed by atoms with van der Waals surface area (Å²) in [6, 6.07) is 16.9. The lowest BCUT2D eigenvalue weighted by Gasteiger charge is -2.04.